The fourth-order valence-corrected chi connectivity index (χ4v) is 2.39. The fraction of sp³-hybridized carbons (Fsp3) is 0.176. The van der Waals surface area contributed by atoms with Crippen LogP contribution in [0, 0.1) is 11.6 Å². The molecule has 0 aliphatic heterocycles. The molecule has 21 heavy (non-hydrogen) atoms. The van der Waals surface area contributed by atoms with Gasteiger partial charge >= 0.3 is 0 Å². The van der Waals surface area contributed by atoms with Crippen LogP contribution in [0.1, 0.15) is 24.1 Å². The number of halogens is 2. The SMILES string of the molecule is CC(NCc1coc2ccccc12)c1cc(F)ccc1F. The average molecular weight is 287 g/mol. The van der Waals surface area contributed by atoms with Crippen LogP contribution >= 0.6 is 0 Å². The van der Waals surface area contributed by atoms with Crippen molar-refractivity contribution in [3.05, 3.63) is 71.5 Å². The molecule has 108 valence electrons. The minimum atomic E-state index is -0.436. The minimum absolute atomic E-state index is 0.297. The van der Waals surface area contributed by atoms with Crippen LogP contribution in [0.15, 0.2) is 53.1 Å². The lowest BCUT2D eigenvalue weighted by Crippen LogP contribution is -2.19. The number of benzene rings is 2. The highest BCUT2D eigenvalue weighted by Gasteiger charge is 2.13. The molecule has 0 fully saturated rings. The Morgan fingerprint density at radius 1 is 1.14 bits per heavy atom. The number of nitrogens with one attached hydrogen (secondary N) is 1. The van der Waals surface area contributed by atoms with E-state index in [2.05, 4.69) is 5.32 Å². The summed E-state index contributed by atoms with van der Waals surface area (Å²) >= 11 is 0. The molecule has 0 aliphatic rings. The van der Waals surface area contributed by atoms with Crippen LogP contribution in [0.2, 0.25) is 0 Å². The zero-order valence-corrected chi connectivity index (χ0v) is 11.6. The predicted octanol–water partition coefficient (Wildman–Crippen LogP) is 4.56. The van der Waals surface area contributed by atoms with Gasteiger partial charge in [-0.1, -0.05) is 18.2 Å². The summed E-state index contributed by atoms with van der Waals surface area (Å²) in [5, 5.41) is 4.22. The summed E-state index contributed by atoms with van der Waals surface area (Å²) < 4.78 is 32.4. The van der Waals surface area contributed by atoms with E-state index in [1.165, 1.54) is 6.07 Å². The molecule has 1 aromatic heterocycles. The minimum Gasteiger partial charge on any atom is -0.464 e. The monoisotopic (exact) mass is 287 g/mol. The molecule has 0 saturated heterocycles. The van der Waals surface area contributed by atoms with Crippen molar-refractivity contribution in [1.29, 1.82) is 0 Å². The molecule has 0 saturated carbocycles. The van der Waals surface area contributed by atoms with Crippen LogP contribution in [-0.4, -0.2) is 0 Å². The zero-order valence-electron chi connectivity index (χ0n) is 11.6. The van der Waals surface area contributed by atoms with Crippen molar-refractivity contribution in [2.45, 2.75) is 19.5 Å². The summed E-state index contributed by atoms with van der Waals surface area (Å²) in [7, 11) is 0. The van der Waals surface area contributed by atoms with E-state index in [9.17, 15) is 8.78 Å². The van der Waals surface area contributed by atoms with Crippen LogP contribution in [0.4, 0.5) is 8.78 Å². The maximum atomic E-state index is 13.7. The highest BCUT2D eigenvalue weighted by molar-refractivity contribution is 5.80. The van der Waals surface area contributed by atoms with E-state index in [0.717, 1.165) is 28.7 Å². The molecule has 0 radical (unpaired) electrons. The second kappa shape index (κ2) is 5.66. The Kier molecular flexibility index (Phi) is 3.71. The zero-order chi connectivity index (χ0) is 14.8. The van der Waals surface area contributed by atoms with Gasteiger partial charge in [0.05, 0.1) is 6.26 Å². The summed E-state index contributed by atoms with van der Waals surface area (Å²) in [6.07, 6.45) is 1.69. The van der Waals surface area contributed by atoms with Crippen LogP contribution in [-0.2, 0) is 6.54 Å². The van der Waals surface area contributed by atoms with Gasteiger partial charge in [0.15, 0.2) is 0 Å². The molecule has 1 unspecified atom stereocenters. The van der Waals surface area contributed by atoms with Crippen molar-refractivity contribution < 1.29 is 13.2 Å². The van der Waals surface area contributed by atoms with Gasteiger partial charge in [-0.15, -0.1) is 0 Å². The lowest BCUT2D eigenvalue weighted by atomic mass is 10.1. The molecule has 2 nitrogen and oxygen atoms in total. The first kappa shape index (κ1) is 13.8. The smallest absolute Gasteiger partial charge is 0.134 e. The van der Waals surface area contributed by atoms with Gasteiger partial charge in [-0.2, -0.15) is 0 Å². The molecule has 0 spiro atoms. The van der Waals surface area contributed by atoms with Crippen LogP contribution in [0.25, 0.3) is 11.0 Å². The van der Waals surface area contributed by atoms with Crippen molar-refractivity contribution >= 4 is 11.0 Å². The van der Waals surface area contributed by atoms with Crippen LogP contribution < -0.4 is 5.32 Å². The topological polar surface area (TPSA) is 25.2 Å². The van der Waals surface area contributed by atoms with Crippen molar-refractivity contribution in [3.63, 3.8) is 0 Å². The van der Waals surface area contributed by atoms with Crippen molar-refractivity contribution in [2.75, 3.05) is 0 Å². The van der Waals surface area contributed by atoms with E-state index in [1.807, 2.05) is 24.3 Å². The summed E-state index contributed by atoms with van der Waals surface area (Å²) in [5.74, 6) is -0.845. The number of hydrogen-bond donors (Lipinski definition) is 1. The molecule has 3 rings (SSSR count). The van der Waals surface area contributed by atoms with Gasteiger partial charge < -0.3 is 9.73 Å². The molecular weight excluding hydrogens is 272 g/mol. The van der Waals surface area contributed by atoms with Gasteiger partial charge in [-0.05, 0) is 31.2 Å². The third-order valence-corrected chi connectivity index (χ3v) is 3.58. The highest BCUT2D eigenvalue weighted by Crippen LogP contribution is 2.22. The largest absolute Gasteiger partial charge is 0.464 e. The van der Waals surface area contributed by atoms with Crippen molar-refractivity contribution in [2.24, 2.45) is 0 Å². The summed E-state index contributed by atoms with van der Waals surface area (Å²) in [6.45, 7) is 2.33. The van der Waals surface area contributed by atoms with Gasteiger partial charge in [-0.25, -0.2) is 8.78 Å². The first-order valence-corrected chi connectivity index (χ1v) is 6.78. The Morgan fingerprint density at radius 2 is 1.95 bits per heavy atom. The molecule has 3 aromatic rings. The number of para-hydroxylation sites is 1. The average Bonchev–Trinajstić information content (AvgIpc) is 2.90. The lowest BCUT2D eigenvalue weighted by Gasteiger charge is -2.14. The molecule has 1 heterocycles. The normalized spacial score (nSPS) is 12.7. The number of rotatable bonds is 4. The molecule has 4 heteroatoms. The number of fused-ring (bicyclic) bond motifs is 1. The van der Waals surface area contributed by atoms with E-state index in [4.69, 9.17) is 4.42 Å². The highest BCUT2D eigenvalue weighted by atomic mass is 19.1. The molecule has 1 atom stereocenters. The molecular formula is C17H15F2NO. The number of furan rings is 1. The maximum Gasteiger partial charge on any atom is 0.134 e. The van der Waals surface area contributed by atoms with E-state index >= 15 is 0 Å². The second-order valence-corrected chi connectivity index (χ2v) is 5.03. The summed E-state index contributed by atoms with van der Waals surface area (Å²) in [4.78, 5) is 0. The lowest BCUT2D eigenvalue weighted by molar-refractivity contribution is 0.516. The molecule has 0 aliphatic carbocycles. The maximum absolute atomic E-state index is 13.7. The first-order valence-electron chi connectivity index (χ1n) is 6.78. The Bertz CT molecular complexity index is 766. The van der Waals surface area contributed by atoms with Gasteiger partial charge in [0.1, 0.15) is 17.2 Å². The molecule has 2 aromatic carbocycles. The third kappa shape index (κ3) is 2.81. The van der Waals surface area contributed by atoms with E-state index in [1.54, 1.807) is 13.2 Å². The molecule has 0 amide bonds. The Hall–Kier alpha value is -2.20. The van der Waals surface area contributed by atoms with Gasteiger partial charge in [0.2, 0.25) is 0 Å². The Labute approximate surface area is 121 Å². The fourth-order valence-electron chi connectivity index (χ4n) is 2.39. The summed E-state index contributed by atoms with van der Waals surface area (Å²) in [6, 6.07) is 10.9. The van der Waals surface area contributed by atoms with Crippen LogP contribution in [0.3, 0.4) is 0 Å². The summed E-state index contributed by atoms with van der Waals surface area (Å²) in [5.41, 5.74) is 2.14. The van der Waals surface area contributed by atoms with Gasteiger partial charge in [-0.3, -0.25) is 0 Å². The predicted molar refractivity (Wildman–Crippen MR) is 77.8 cm³/mol. The first-order chi connectivity index (χ1) is 10.1. The second-order valence-electron chi connectivity index (χ2n) is 5.03. The Balaban J connectivity index is 1.76. The number of hydrogen-bond acceptors (Lipinski definition) is 2. The van der Waals surface area contributed by atoms with E-state index in [-0.39, 0.29) is 6.04 Å². The van der Waals surface area contributed by atoms with Crippen molar-refractivity contribution in [3.8, 4) is 0 Å². The molecule has 1 N–H and O–H groups in total. The van der Waals surface area contributed by atoms with Gasteiger partial charge in [0, 0.05) is 29.1 Å². The van der Waals surface area contributed by atoms with Gasteiger partial charge in [0.25, 0.3) is 0 Å². The molecule has 0 bridgehead atoms. The quantitative estimate of drug-likeness (QED) is 0.761. The third-order valence-electron chi connectivity index (χ3n) is 3.58. The Morgan fingerprint density at radius 3 is 2.81 bits per heavy atom. The van der Waals surface area contributed by atoms with Crippen LogP contribution in [0.5, 0.6) is 0 Å². The van der Waals surface area contributed by atoms with E-state index in [0.29, 0.717) is 12.1 Å². The standard InChI is InChI=1S/C17H15F2NO/c1-11(15-8-13(18)6-7-16(15)19)20-9-12-10-21-17-5-3-2-4-14(12)17/h2-8,10-11,20H,9H2,1H3. The van der Waals surface area contributed by atoms with Crippen molar-refractivity contribution in [1.82, 2.24) is 5.32 Å². The van der Waals surface area contributed by atoms with E-state index < -0.39 is 11.6 Å².